The maximum atomic E-state index is 6.71. The van der Waals surface area contributed by atoms with Crippen LogP contribution in [-0.4, -0.2) is 38.2 Å². The minimum absolute atomic E-state index is 0.0887. The summed E-state index contributed by atoms with van der Waals surface area (Å²) >= 11 is 6.18. The van der Waals surface area contributed by atoms with Gasteiger partial charge in [-0.05, 0) is 35.8 Å². The van der Waals surface area contributed by atoms with Crippen molar-refractivity contribution in [2.45, 2.75) is 25.3 Å². The molecule has 1 atom stereocenters. The van der Waals surface area contributed by atoms with E-state index in [2.05, 4.69) is 49.3 Å². The molecule has 3 aromatic heterocycles. The number of nitrogens with zero attached hydrogens (tertiary/aromatic N) is 5. The van der Waals surface area contributed by atoms with Gasteiger partial charge in [-0.1, -0.05) is 35.9 Å². The number of hydrogen-bond donors (Lipinski definition) is 3. The van der Waals surface area contributed by atoms with E-state index < -0.39 is 0 Å². The zero-order valence-corrected chi connectivity index (χ0v) is 18.6. The first-order valence-electron chi connectivity index (χ1n) is 10.9. The predicted molar refractivity (Wildman–Crippen MR) is 126 cm³/mol. The lowest BCUT2D eigenvalue weighted by Crippen LogP contribution is -2.44. The van der Waals surface area contributed by atoms with Crippen molar-refractivity contribution >= 4 is 34.4 Å². The van der Waals surface area contributed by atoms with E-state index in [4.69, 9.17) is 32.8 Å². The third-order valence-corrected chi connectivity index (χ3v) is 7.37. The Balaban J connectivity index is 1.20. The van der Waals surface area contributed by atoms with E-state index >= 15 is 0 Å². The van der Waals surface area contributed by atoms with Crippen LogP contribution >= 0.6 is 11.6 Å². The van der Waals surface area contributed by atoms with E-state index in [1.54, 1.807) is 12.3 Å². The molecule has 0 bridgehead atoms. The number of anilines is 2. The number of fused-ring (bicyclic) bond motifs is 2. The van der Waals surface area contributed by atoms with Crippen LogP contribution in [0.25, 0.3) is 11.2 Å². The highest BCUT2D eigenvalue weighted by atomic mass is 35.5. The second-order valence-electron chi connectivity index (χ2n) is 8.77. The molecule has 168 valence electrons. The van der Waals surface area contributed by atoms with E-state index in [0.717, 1.165) is 38.2 Å². The number of hydrogen-bond acceptors (Lipinski definition) is 8. The third kappa shape index (κ3) is 3.27. The second kappa shape index (κ2) is 7.57. The number of rotatable bonds is 3. The van der Waals surface area contributed by atoms with E-state index in [1.807, 2.05) is 0 Å². The summed E-state index contributed by atoms with van der Waals surface area (Å²) in [5.74, 6) is 1.64. The van der Waals surface area contributed by atoms with Crippen molar-refractivity contribution in [3.63, 3.8) is 0 Å². The molecule has 0 unspecified atom stereocenters. The molecule has 1 fully saturated rings. The Morgan fingerprint density at radius 1 is 1.15 bits per heavy atom. The summed E-state index contributed by atoms with van der Waals surface area (Å²) in [6.45, 7) is 1.76. The molecule has 1 aliphatic carbocycles. The highest BCUT2D eigenvalue weighted by Gasteiger charge is 2.45. The number of benzene rings is 1. The molecular weight excluding hydrogens is 440 g/mol. The summed E-state index contributed by atoms with van der Waals surface area (Å²) in [5, 5.41) is 7.34. The van der Waals surface area contributed by atoms with Gasteiger partial charge in [0.25, 0.3) is 5.88 Å². The summed E-state index contributed by atoms with van der Waals surface area (Å²) in [4.78, 5) is 15.5. The predicted octanol–water partition coefficient (Wildman–Crippen LogP) is 3.62. The van der Waals surface area contributed by atoms with E-state index in [-0.39, 0.29) is 28.2 Å². The molecule has 1 spiro atoms. The molecule has 1 aromatic carbocycles. The van der Waals surface area contributed by atoms with Crippen LogP contribution in [0.3, 0.4) is 0 Å². The van der Waals surface area contributed by atoms with Crippen molar-refractivity contribution in [2.75, 3.05) is 23.7 Å². The Kier molecular flexibility index (Phi) is 4.63. The smallest absolute Gasteiger partial charge is 0.266 e. The van der Waals surface area contributed by atoms with Gasteiger partial charge in [0, 0.05) is 31.4 Å². The fraction of sp³-hybridized carbons (Fsp3) is 0.304. The van der Waals surface area contributed by atoms with Crippen molar-refractivity contribution in [3.05, 3.63) is 58.9 Å². The number of nitrogens with two attached hydrogens (primary N) is 2. The van der Waals surface area contributed by atoms with Crippen molar-refractivity contribution in [3.8, 4) is 11.6 Å². The number of aromatic amines is 1. The van der Waals surface area contributed by atoms with E-state index in [1.165, 1.54) is 17.3 Å². The van der Waals surface area contributed by atoms with Crippen molar-refractivity contribution in [1.29, 1.82) is 0 Å². The first-order chi connectivity index (χ1) is 16.0. The van der Waals surface area contributed by atoms with Crippen LogP contribution in [0.1, 0.15) is 30.0 Å². The van der Waals surface area contributed by atoms with Crippen LogP contribution in [0.2, 0.25) is 5.02 Å². The largest absolute Gasteiger partial charge is 0.434 e. The van der Waals surface area contributed by atoms with Gasteiger partial charge in [-0.2, -0.15) is 0 Å². The molecule has 0 amide bonds. The quantitative estimate of drug-likeness (QED) is 0.420. The van der Waals surface area contributed by atoms with Crippen molar-refractivity contribution in [1.82, 2.24) is 25.1 Å². The van der Waals surface area contributed by atoms with Crippen molar-refractivity contribution < 1.29 is 4.74 Å². The van der Waals surface area contributed by atoms with Crippen LogP contribution in [0.4, 0.5) is 11.6 Å². The zero-order valence-electron chi connectivity index (χ0n) is 17.8. The van der Waals surface area contributed by atoms with E-state index in [0.29, 0.717) is 16.9 Å². The number of piperidine rings is 1. The van der Waals surface area contributed by atoms with Gasteiger partial charge in [0.2, 0.25) is 0 Å². The van der Waals surface area contributed by atoms with Gasteiger partial charge in [0.05, 0.1) is 6.20 Å². The lowest BCUT2D eigenvalue weighted by Gasteiger charge is -2.42. The molecule has 10 heteroatoms. The molecule has 4 heterocycles. The molecule has 1 aliphatic heterocycles. The summed E-state index contributed by atoms with van der Waals surface area (Å²) in [6, 6.07) is 10.3. The molecule has 0 saturated carbocycles. The second-order valence-corrected chi connectivity index (χ2v) is 9.15. The van der Waals surface area contributed by atoms with Gasteiger partial charge >= 0.3 is 0 Å². The first-order valence-corrected chi connectivity index (χ1v) is 11.3. The normalized spacial score (nSPS) is 19.2. The number of nitrogen functional groups attached to an aromatic ring is 1. The number of pyridine rings is 1. The first kappa shape index (κ1) is 20.2. The number of H-pyrrole nitrogens is 1. The molecule has 1 saturated heterocycles. The summed E-state index contributed by atoms with van der Waals surface area (Å²) in [5.41, 5.74) is 16.3. The van der Waals surface area contributed by atoms with Gasteiger partial charge in [-0.15, -0.1) is 5.10 Å². The van der Waals surface area contributed by atoms with Gasteiger partial charge < -0.3 is 21.1 Å². The molecule has 4 aromatic rings. The van der Waals surface area contributed by atoms with Crippen LogP contribution in [0, 0.1) is 5.41 Å². The molecule has 0 radical (unpaired) electrons. The third-order valence-electron chi connectivity index (χ3n) is 6.99. The molecule has 33 heavy (non-hydrogen) atoms. The SMILES string of the molecule is Nc1nccc(Oc2n[nH]c3nc(N4CCC5(CC4)Cc4ccccc4[C@@H]5N)cnc23)c1Cl. The molecule has 2 aliphatic rings. The Labute approximate surface area is 195 Å². The maximum Gasteiger partial charge on any atom is 0.266 e. The maximum absolute atomic E-state index is 6.71. The van der Waals surface area contributed by atoms with Crippen LogP contribution in [0.15, 0.2) is 42.7 Å². The highest BCUT2D eigenvalue weighted by molar-refractivity contribution is 6.34. The fourth-order valence-electron chi connectivity index (χ4n) is 5.11. The molecule has 5 N–H and O–H groups in total. The molecular formula is C23H23ClN8O. The van der Waals surface area contributed by atoms with Gasteiger partial charge in [0.1, 0.15) is 16.7 Å². The van der Waals surface area contributed by atoms with Crippen LogP contribution in [0.5, 0.6) is 11.6 Å². The number of aromatic nitrogens is 5. The lowest BCUT2D eigenvalue weighted by molar-refractivity contribution is 0.187. The van der Waals surface area contributed by atoms with Crippen LogP contribution < -0.4 is 21.1 Å². The standard InChI is InChI=1S/C23H23ClN8O/c24-17-15(5-8-27-20(17)26)33-22-18-21(30-31-22)29-16(12-28-18)32-9-6-23(7-10-32)11-13-3-1-2-4-14(13)19(23)25/h1-5,8,12,19H,6-7,9-11,25H2,(H2,26,27)(H,29,30,31)/t19-/m0/s1. The Hall–Kier alpha value is -3.43. The zero-order chi connectivity index (χ0) is 22.6. The average molecular weight is 463 g/mol. The number of nitrogens with one attached hydrogen (secondary N) is 1. The summed E-state index contributed by atoms with van der Waals surface area (Å²) in [6.07, 6.45) is 6.36. The van der Waals surface area contributed by atoms with Crippen molar-refractivity contribution in [2.24, 2.45) is 11.1 Å². The monoisotopic (exact) mass is 462 g/mol. The Bertz CT molecular complexity index is 1350. The number of halogens is 1. The summed E-state index contributed by atoms with van der Waals surface area (Å²) < 4.78 is 5.81. The minimum atomic E-state index is 0.0887. The fourth-order valence-corrected chi connectivity index (χ4v) is 5.26. The van der Waals surface area contributed by atoms with Crippen LogP contribution in [-0.2, 0) is 6.42 Å². The average Bonchev–Trinajstić information content (AvgIpc) is 3.36. The summed E-state index contributed by atoms with van der Waals surface area (Å²) in [7, 11) is 0. The molecule has 6 rings (SSSR count). The highest BCUT2D eigenvalue weighted by Crippen LogP contribution is 2.50. The van der Waals surface area contributed by atoms with Gasteiger partial charge in [-0.25, -0.2) is 15.0 Å². The lowest BCUT2D eigenvalue weighted by atomic mass is 9.73. The van der Waals surface area contributed by atoms with Gasteiger partial charge in [-0.3, -0.25) is 5.10 Å². The number of ether oxygens (including phenoxy) is 1. The topological polar surface area (TPSA) is 132 Å². The Morgan fingerprint density at radius 2 is 1.97 bits per heavy atom. The van der Waals surface area contributed by atoms with E-state index in [9.17, 15) is 0 Å². The Morgan fingerprint density at radius 3 is 2.79 bits per heavy atom. The minimum Gasteiger partial charge on any atom is -0.434 e. The molecule has 9 nitrogen and oxygen atoms in total. The van der Waals surface area contributed by atoms with Gasteiger partial charge in [0.15, 0.2) is 16.9 Å².